The van der Waals surface area contributed by atoms with E-state index in [1.54, 1.807) is 4.68 Å². The molecule has 0 unspecified atom stereocenters. The van der Waals surface area contributed by atoms with Crippen LogP contribution in [0.2, 0.25) is 0 Å². The molecule has 1 aromatic heterocycles. The van der Waals surface area contributed by atoms with E-state index in [4.69, 9.17) is 4.74 Å². The van der Waals surface area contributed by atoms with Crippen molar-refractivity contribution < 1.29 is 17.9 Å². The molecule has 0 amide bonds. The molecule has 2 aromatic rings. The number of ether oxygens (including phenoxy) is 1. The molecule has 1 aromatic carbocycles. The summed E-state index contributed by atoms with van der Waals surface area (Å²) in [4.78, 5) is 11.9. The van der Waals surface area contributed by atoms with Gasteiger partial charge in [-0.15, -0.1) is 5.10 Å². The maximum atomic E-state index is 11.9. The van der Waals surface area contributed by atoms with Crippen LogP contribution in [0.25, 0.3) is 5.69 Å². The summed E-state index contributed by atoms with van der Waals surface area (Å²) >= 11 is 1.15. The van der Waals surface area contributed by atoms with Crippen molar-refractivity contribution in [3.63, 3.8) is 0 Å². The van der Waals surface area contributed by atoms with E-state index >= 15 is 0 Å². The summed E-state index contributed by atoms with van der Waals surface area (Å²) in [5.74, 6) is -0.476. The fourth-order valence-electron chi connectivity index (χ4n) is 2.70. The minimum absolute atomic E-state index is 0.0156. The van der Waals surface area contributed by atoms with Crippen molar-refractivity contribution in [2.24, 2.45) is 0 Å². The Bertz CT molecular complexity index is 874. The zero-order valence-electron chi connectivity index (χ0n) is 13.9. The summed E-state index contributed by atoms with van der Waals surface area (Å²) < 4.78 is 29.6. The summed E-state index contributed by atoms with van der Waals surface area (Å²) in [7, 11) is -3.07. The van der Waals surface area contributed by atoms with Crippen molar-refractivity contribution in [2.45, 2.75) is 31.5 Å². The number of nitrogens with zero attached hydrogens (tertiary/aromatic N) is 4. The third kappa shape index (κ3) is 4.57. The number of thioether (sulfide) groups is 1. The topological polar surface area (TPSA) is 104 Å². The molecule has 3 rings (SSSR count). The molecule has 0 saturated carbocycles. The van der Waals surface area contributed by atoms with Gasteiger partial charge in [0.15, 0.2) is 9.84 Å². The van der Waals surface area contributed by atoms with E-state index in [9.17, 15) is 13.2 Å². The van der Waals surface area contributed by atoms with Gasteiger partial charge in [-0.25, -0.2) is 8.42 Å². The van der Waals surface area contributed by atoms with Crippen LogP contribution in [0, 0.1) is 13.8 Å². The van der Waals surface area contributed by atoms with Gasteiger partial charge >= 0.3 is 5.97 Å². The lowest BCUT2D eigenvalue weighted by molar-refractivity contribution is -0.144. The molecule has 1 fully saturated rings. The second-order valence-corrected chi connectivity index (χ2v) is 9.19. The highest BCUT2D eigenvalue weighted by molar-refractivity contribution is 7.99. The van der Waals surface area contributed by atoms with E-state index in [1.165, 1.54) is 0 Å². The predicted molar refractivity (Wildman–Crippen MR) is 92.5 cm³/mol. The summed E-state index contributed by atoms with van der Waals surface area (Å²) in [6.45, 7) is 3.97. The van der Waals surface area contributed by atoms with E-state index in [0.717, 1.165) is 28.6 Å². The zero-order chi connectivity index (χ0) is 18.0. The fraction of sp³-hybridized carbons (Fsp3) is 0.467. The monoisotopic (exact) mass is 382 g/mol. The Labute approximate surface area is 149 Å². The van der Waals surface area contributed by atoms with E-state index in [2.05, 4.69) is 15.5 Å². The molecule has 25 heavy (non-hydrogen) atoms. The number of tetrazole rings is 1. The first-order valence-corrected chi connectivity index (χ1v) is 10.5. The molecule has 0 bridgehead atoms. The van der Waals surface area contributed by atoms with Crippen molar-refractivity contribution >= 4 is 27.6 Å². The van der Waals surface area contributed by atoms with Crippen molar-refractivity contribution in [1.29, 1.82) is 0 Å². The van der Waals surface area contributed by atoms with E-state index < -0.39 is 21.9 Å². The van der Waals surface area contributed by atoms with Crippen LogP contribution in [0.4, 0.5) is 0 Å². The highest BCUT2D eigenvalue weighted by Crippen LogP contribution is 2.21. The van der Waals surface area contributed by atoms with Gasteiger partial charge in [0.25, 0.3) is 0 Å². The molecule has 134 valence electrons. The first-order valence-electron chi connectivity index (χ1n) is 7.72. The van der Waals surface area contributed by atoms with E-state index in [-0.39, 0.29) is 17.3 Å². The van der Waals surface area contributed by atoms with Gasteiger partial charge in [-0.2, -0.15) is 4.68 Å². The van der Waals surface area contributed by atoms with Gasteiger partial charge in [0, 0.05) is 0 Å². The number of esters is 1. The highest BCUT2D eigenvalue weighted by Gasteiger charge is 2.30. The lowest BCUT2D eigenvalue weighted by atomic mass is 10.1. The molecule has 0 radical (unpaired) electrons. The standard InChI is InChI=1S/C15H18N4O4S2/c1-10-5-11(2)7-12(6-10)19-15(16-17-18-19)24-8-14(20)23-13-3-4-25(21,22)9-13/h5-7,13H,3-4,8-9H2,1-2H3/t13-/m0/s1. The maximum Gasteiger partial charge on any atom is 0.316 e. The Morgan fingerprint density at radius 2 is 2.04 bits per heavy atom. The predicted octanol–water partition coefficient (Wildman–Crippen LogP) is 1.10. The number of aromatic nitrogens is 4. The van der Waals surface area contributed by atoms with Crippen LogP contribution < -0.4 is 0 Å². The van der Waals surface area contributed by atoms with Gasteiger partial charge in [0.05, 0.1) is 22.9 Å². The third-order valence-electron chi connectivity index (χ3n) is 3.70. The Morgan fingerprint density at radius 1 is 1.32 bits per heavy atom. The lowest BCUT2D eigenvalue weighted by Crippen LogP contribution is -2.20. The number of carbonyl (C=O) groups is 1. The van der Waals surface area contributed by atoms with Gasteiger partial charge in [-0.3, -0.25) is 4.79 Å². The number of rotatable bonds is 5. The molecular weight excluding hydrogens is 364 g/mol. The SMILES string of the molecule is Cc1cc(C)cc(-n2nnnc2SCC(=O)O[C@H]2CCS(=O)(=O)C2)c1. The zero-order valence-corrected chi connectivity index (χ0v) is 15.5. The van der Waals surface area contributed by atoms with Crippen LogP contribution >= 0.6 is 11.8 Å². The summed E-state index contributed by atoms with van der Waals surface area (Å²) in [6.07, 6.45) is -0.188. The number of hydrogen-bond donors (Lipinski definition) is 0. The van der Waals surface area contributed by atoms with Crippen LogP contribution in [0.15, 0.2) is 23.4 Å². The third-order valence-corrected chi connectivity index (χ3v) is 6.33. The molecule has 1 atom stereocenters. The number of aryl methyl sites for hydroxylation is 2. The summed E-state index contributed by atoms with van der Waals surface area (Å²) in [5.41, 5.74) is 2.99. The van der Waals surface area contributed by atoms with Crippen molar-refractivity contribution in [2.75, 3.05) is 17.3 Å². The Hall–Kier alpha value is -1.94. The van der Waals surface area contributed by atoms with Gasteiger partial charge in [-0.1, -0.05) is 17.8 Å². The number of benzene rings is 1. The fourth-order valence-corrected chi connectivity index (χ4v) is 4.96. The second kappa shape index (κ2) is 7.12. The Balaban J connectivity index is 1.63. The number of sulfone groups is 1. The van der Waals surface area contributed by atoms with Crippen LogP contribution in [0.1, 0.15) is 17.5 Å². The van der Waals surface area contributed by atoms with Crippen molar-refractivity contribution in [3.05, 3.63) is 29.3 Å². The van der Waals surface area contributed by atoms with Crippen LogP contribution in [-0.4, -0.2) is 58.0 Å². The van der Waals surface area contributed by atoms with Crippen LogP contribution in [0.5, 0.6) is 0 Å². The molecular formula is C15H18N4O4S2. The molecule has 0 aliphatic carbocycles. The van der Waals surface area contributed by atoms with Gasteiger partial charge in [0.2, 0.25) is 5.16 Å². The van der Waals surface area contributed by atoms with E-state index in [0.29, 0.717) is 11.6 Å². The molecule has 0 N–H and O–H groups in total. The average Bonchev–Trinajstić information content (AvgIpc) is 3.10. The normalized spacial score (nSPS) is 19.0. The molecule has 8 nitrogen and oxygen atoms in total. The first kappa shape index (κ1) is 17.9. The molecule has 2 heterocycles. The molecule has 10 heteroatoms. The minimum atomic E-state index is -3.07. The molecule has 0 spiro atoms. The Kier molecular flexibility index (Phi) is 5.09. The van der Waals surface area contributed by atoms with Gasteiger partial charge < -0.3 is 4.74 Å². The van der Waals surface area contributed by atoms with Gasteiger partial charge in [0.1, 0.15) is 6.10 Å². The highest BCUT2D eigenvalue weighted by atomic mass is 32.2. The molecule has 1 aliphatic rings. The number of carbonyl (C=O) groups excluding carboxylic acids is 1. The summed E-state index contributed by atoms with van der Waals surface area (Å²) in [5, 5.41) is 12.1. The van der Waals surface area contributed by atoms with Gasteiger partial charge in [-0.05, 0) is 54.0 Å². The maximum absolute atomic E-state index is 11.9. The Morgan fingerprint density at radius 3 is 2.68 bits per heavy atom. The smallest absolute Gasteiger partial charge is 0.316 e. The largest absolute Gasteiger partial charge is 0.461 e. The number of hydrogen-bond acceptors (Lipinski definition) is 8. The molecule has 1 saturated heterocycles. The van der Waals surface area contributed by atoms with Crippen molar-refractivity contribution in [1.82, 2.24) is 20.2 Å². The molecule has 1 aliphatic heterocycles. The van der Waals surface area contributed by atoms with E-state index in [1.807, 2.05) is 32.0 Å². The van der Waals surface area contributed by atoms with Crippen molar-refractivity contribution in [3.8, 4) is 5.69 Å². The minimum Gasteiger partial charge on any atom is -0.461 e. The van der Waals surface area contributed by atoms with Crippen LogP contribution in [0.3, 0.4) is 0 Å². The summed E-state index contributed by atoms with van der Waals surface area (Å²) in [6, 6.07) is 5.96. The first-order chi connectivity index (χ1) is 11.8. The average molecular weight is 382 g/mol. The quantitative estimate of drug-likeness (QED) is 0.559. The van der Waals surface area contributed by atoms with Crippen LogP contribution in [-0.2, 0) is 19.4 Å². The second-order valence-electron chi connectivity index (χ2n) is 6.02. The lowest BCUT2D eigenvalue weighted by Gasteiger charge is -2.10.